The predicted octanol–water partition coefficient (Wildman–Crippen LogP) is 2.13. The highest BCUT2D eigenvalue weighted by Gasteiger charge is 2.52. The monoisotopic (exact) mass is 225 g/mol. The number of rotatable bonds is 2. The second-order valence-electron chi connectivity index (χ2n) is 3.81. The van der Waals surface area contributed by atoms with Gasteiger partial charge < -0.3 is 10.5 Å². The highest BCUT2D eigenvalue weighted by molar-refractivity contribution is 6.33. The summed E-state index contributed by atoms with van der Waals surface area (Å²) in [6.45, 7) is 0. The molecule has 2 rings (SSSR count). The minimum absolute atomic E-state index is 0.191. The van der Waals surface area contributed by atoms with E-state index in [1.807, 2.05) is 6.07 Å². The van der Waals surface area contributed by atoms with Gasteiger partial charge in [0.15, 0.2) is 0 Å². The van der Waals surface area contributed by atoms with Crippen molar-refractivity contribution in [3.05, 3.63) is 28.8 Å². The van der Waals surface area contributed by atoms with Gasteiger partial charge in [-0.15, -0.1) is 0 Å². The summed E-state index contributed by atoms with van der Waals surface area (Å²) in [6.07, 6.45) is 1.64. The van der Waals surface area contributed by atoms with E-state index >= 15 is 0 Å². The number of anilines is 1. The molecule has 0 amide bonds. The summed E-state index contributed by atoms with van der Waals surface area (Å²) in [5.74, 6) is -0.191. The molecule has 0 radical (unpaired) electrons. The number of hydrogen-bond acceptors (Lipinski definition) is 3. The Morgan fingerprint density at radius 2 is 2.20 bits per heavy atom. The van der Waals surface area contributed by atoms with Gasteiger partial charge in [0.2, 0.25) is 0 Å². The third-order valence-corrected chi connectivity index (χ3v) is 3.22. The Bertz CT molecular complexity index is 413. The summed E-state index contributed by atoms with van der Waals surface area (Å²) in [7, 11) is 1.40. The highest BCUT2D eigenvalue weighted by Crippen LogP contribution is 2.49. The number of benzene rings is 1. The zero-order chi connectivity index (χ0) is 11.1. The molecule has 4 heteroatoms. The third-order valence-electron chi connectivity index (χ3n) is 2.87. The number of ether oxygens (including phenoxy) is 1. The Kier molecular flexibility index (Phi) is 2.35. The normalized spacial score (nSPS) is 17.2. The summed E-state index contributed by atoms with van der Waals surface area (Å²) in [4.78, 5) is 11.6. The van der Waals surface area contributed by atoms with Crippen molar-refractivity contribution < 1.29 is 9.53 Å². The molecule has 2 N–H and O–H groups in total. The topological polar surface area (TPSA) is 52.3 Å². The number of methoxy groups -OCH3 is 1. The summed E-state index contributed by atoms with van der Waals surface area (Å²) >= 11 is 5.82. The van der Waals surface area contributed by atoms with E-state index in [1.165, 1.54) is 7.11 Å². The first-order valence-corrected chi connectivity index (χ1v) is 5.12. The van der Waals surface area contributed by atoms with Crippen LogP contribution >= 0.6 is 11.6 Å². The van der Waals surface area contributed by atoms with Crippen LogP contribution in [0.4, 0.5) is 5.69 Å². The van der Waals surface area contributed by atoms with Gasteiger partial charge in [-0.05, 0) is 30.5 Å². The van der Waals surface area contributed by atoms with Crippen molar-refractivity contribution in [3.63, 3.8) is 0 Å². The van der Waals surface area contributed by atoms with E-state index in [4.69, 9.17) is 22.1 Å². The number of hydrogen-bond donors (Lipinski definition) is 1. The van der Waals surface area contributed by atoms with Gasteiger partial charge in [-0.3, -0.25) is 4.79 Å². The Morgan fingerprint density at radius 3 is 2.67 bits per heavy atom. The lowest BCUT2D eigenvalue weighted by atomic mass is 9.96. The standard InChI is InChI=1S/C11H12ClNO2/c1-15-10(14)11(4-5-11)7-2-3-8(12)9(13)6-7/h2-3,6H,4-5,13H2,1H3. The number of nitrogen functional groups attached to an aromatic ring is 1. The number of halogens is 1. The number of carbonyl (C=O) groups excluding carboxylic acids is 1. The minimum atomic E-state index is -0.465. The van der Waals surface area contributed by atoms with Crippen molar-refractivity contribution >= 4 is 23.3 Å². The first kappa shape index (κ1) is 10.3. The van der Waals surface area contributed by atoms with E-state index in [0.717, 1.165) is 18.4 Å². The van der Waals surface area contributed by atoms with Crippen LogP contribution in [-0.2, 0) is 14.9 Å². The van der Waals surface area contributed by atoms with Crippen LogP contribution < -0.4 is 5.73 Å². The molecule has 0 unspecified atom stereocenters. The largest absolute Gasteiger partial charge is 0.468 e. The van der Waals surface area contributed by atoms with E-state index in [-0.39, 0.29) is 5.97 Å². The Hall–Kier alpha value is -1.22. The molecule has 15 heavy (non-hydrogen) atoms. The first-order valence-electron chi connectivity index (χ1n) is 4.74. The maximum atomic E-state index is 11.6. The van der Waals surface area contributed by atoms with Gasteiger partial charge in [0, 0.05) is 0 Å². The van der Waals surface area contributed by atoms with Crippen LogP contribution in [0.3, 0.4) is 0 Å². The molecule has 3 nitrogen and oxygen atoms in total. The van der Waals surface area contributed by atoms with E-state index in [2.05, 4.69) is 0 Å². The maximum absolute atomic E-state index is 11.6. The van der Waals surface area contributed by atoms with Gasteiger partial charge in [-0.1, -0.05) is 17.7 Å². The second-order valence-corrected chi connectivity index (χ2v) is 4.22. The highest BCUT2D eigenvalue weighted by atomic mass is 35.5. The molecule has 1 saturated carbocycles. The van der Waals surface area contributed by atoms with Crippen LogP contribution in [0.5, 0.6) is 0 Å². The molecule has 1 aliphatic carbocycles. The maximum Gasteiger partial charge on any atom is 0.316 e. The molecule has 1 aromatic rings. The van der Waals surface area contributed by atoms with Crippen LogP contribution in [0.25, 0.3) is 0 Å². The average molecular weight is 226 g/mol. The zero-order valence-electron chi connectivity index (χ0n) is 8.42. The molecule has 0 atom stereocenters. The van der Waals surface area contributed by atoms with Crippen molar-refractivity contribution in [1.29, 1.82) is 0 Å². The lowest BCUT2D eigenvalue weighted by molar-refractivity contribution is -0.143. The number of carbonyl (C=O) groups is 1. The lowest BCUT2D eigenvalue weighted by Crippen LogP contribution is -2.21. The zero-order valence-corrected chi connectivity index (χ0v) is 9.17. The summed E-state index contributed by atoms with van der Waals surface area (Å²) in [5.41, 5.74) is 6.64. The summed E-state index contributed by atoms with van der Waals surface area (Å²) in [5, 5.41) is 0.513. The summed E-state index contributed by atoms with van der Waals surface area (Å²) in [6, 6.07) is 5.31. The van der Waals surface area contributed by atoms with Gasteiger partial charge in [0.05, 0.1) is 23.2 Å². The molecule has 1 aromatic carbocycles. The molecule has 0 aromatic heterocycles. The molecular formula is C11H12ClNO2. The van der Waals surface area contributed by atoms with E-state index < -0.39 is 5.41 Å². The van der Waals surface area contributed by atoms with Gasteiger partial charge in [0.1, 0.15) is 0 Å². The Balaban J connectivity index is 2.38. The SMILES string of the molecule is COC(=O)C1(c2ccc(Cl)c(N)c2)CC1. The summed E-state index contributed by atoms with van der Waals surface area (Å²) < 4.78 is 4.79. The van der Waals surface area contributed by atoms with Crippen molar-refractivity contribution in [3.8, 4) is 0 Å². The van der Waals surface area contributed by atoms with Crippen molar-refractivity contribution in [2.45, 2.75) is 18.3 Å². The third kappa shape index (κ3) is 1.57. The molecule has 0 heterocycles. The van der Waals surface area contributed by atoms with Crippen molar-refractivity contribution in [1.82, 2.24) is 0 Å². The average Bonchev–Trinajstić information content (AvgIpc) is 3.02. The fraction of sp³-hybridized carbons (Fsp3) is 0.364. The number of nitrogens with two attached hydrogens (primary N) is 1. The number of esters is 1. The van der Waals surface area contributed by atoms with Gasteiger partial charge in [-0.25, -0.2) is 0 Å². The first-order chi connectivity index (χ1) is 7.10. The molecular weight excluding hydrogens is 214 g/mol. The lowest BCUT2D eigenvalue weighted by Gasteiger charge is -2.13. The van der Waals surface area contributed by atoms with Gasteiger partial charge in [-0.2, -0.15) is 0 Å². The van der Waals surface area contributed by atoms with E-state index in [9.17, 15) is 4.79 Å². The molecule has 0 spiro atoms. The van der Waals surface area contributed by atoms with Crippen LogP contribution in [0.2, 0.25) is 5.02 Å². The van der Waals surface area contributed by atoms with Gasteiger partial charge in [0.25, 0.3) is 0 Å². The predicted molar refractivity (Wildman–Crippen MR) is 58.8 cm³/mol. The van der Waals surface area contributed by atoms with Crippen LogP contribution in [0.1, 0.15) is 18.4 Å². The van der Waals surface area contributed by atoms with Gasteiger partial charge >= 0.3 is 5.97 Å². The van der Waals surface area contributed by atoms with Crippen LogP contribution in [0.15, 0.2) is 18.2 Å². The van der Waals surface area contributed by atoms with Crippen molar-refractivity contribution in [2.24, 2.45) is 0 Å². The van der Waals surface area contributed by atoms with E-state index in [1.54, 1.807) is 12.1 Å². The smallest absolute Gasteiger partial charge is 0.316 e. The molecule has 0 aliphatic heterocycles. The minimum Gasteiger partial charge on any atom is -0.468 e. The van der Waals surface area contributed by atoms with Crippen LogP contribution in [-0.4, -0.2) is 13.1 Å². The van der Waals surface area contributed by atoms with Crippen molar-refractivity contribution in [2.75, 3.05) is 12.8 Å². The molecule has 1 aliphatic rings. The molecule has 0 bridgehead atoms. The Morgan fingerprint density at radius 1 is 1.53 bits per heavy atom. The molecule has 80 valence electrons. The quantitative estimate of drug-likeness (QED) is 0.620. The van der Waals surface area contributed by atoms with Crippen LogP contribution in [0, 0.1) is 0 Å². The molecule has 0 saturated heterocycles. The molecule has 1 fully saturated rings. The fourth-order valence-corrected chi connectivity index (χ4v) is 1.89. The fourth-order valence-electron chi connectivity index (χ4n) is 1.77. The Labute approximate surface area is 93.2 Å². The van der Waals surface area contributed by atoms with E-state index in [0.29, 0.717) is 10.7 Å². The second kappa shape index (κ2) is 3.42.